The molecule has 0 radical (unpaired) electrons. The van der Waals surface area contributed by atoms with Crippen LogP contribution in [-0.2, 0) is 16.6 Å². The zero-order valence-electron chi connectivity index (χ0n) is 13.9. The lowest BCUT2D eigenvalue weighted by Crippen LogP contribution is -2.48. The quantitative estimate of drug-likeness (QED) is 0.653. The zero-order chi connectivity index (χ0) is 18.0. The van der Waals surface area contributed by atoms with Gasteiger partial charge in [0.25, 0.3) is 0 Å². The summed E-state index contributed by atoms with van der Waals surface area (Å²) >= 11 is 1.58. The van der Waals surface area contributed by atoms with Gasteiger partial charge in [-0.1, -0.05) is 5.16 Å². The number of piperazine rings is 1. The molecule has 10 heteroatoms. The van der Waals surface area contributed by atoms with Crippen LogP contribution in [0.25, 0.3) is 11.4 Å². The molecule has 1 fully saturated rings. The van der Waals surface area contributed by atoms with Crippen molar-refractivity contribution in [2.75, 3.05) is 26.2 Å². The molecule has 0 saturated carbocycles. The molecule has 4 rings (SSSR count). The van der Waals surface area contributed by atoms with E-state index >= 15 is 0 Å². The molecule has 0 amide bonds. The Balaban J connectivity index is 1.37. The van der Waals surface area contributed by atoms with Gasteiger partial charge in [0.05, 0.1) is 6.54 Å². The van der Waals surface area contributed by atoms with E-state index in [0.29, 0.717) is 44.4 Å². The van der Waals surface area contributed by atoms with Crippen molar-refractivity contribution in [2.24, 2.45) is 0 Å². The molecule has 0 bridgehead atoms. The van der Waals surface area contributed by atoms with Crippen LogP contribution in [-0.4, -0.2) is 58.9 Å². The highest BCUT2D eigenvalue weighted by atomic mass is 32.2. The second kappa shape index (κ2) is 7.23. The monoisotopic (exact) mass is 391 g/mol. The molecule has 4 heterocycles. The van der Waals surface area contributed by atoms with Crippen LogP contribution in [0.15, 0.2) is 50.8 Å². The molecule has 3 aromatic rings. The van der Waals surface area contributed by atoms with E-state index < -0.39 is 10.0 Å². The van der Waals surface area contributed by atoms with Crippen LogP contribution in [0.2, 0.25) is 0 Å². The van der Waals surface area contributed by atoms with Gasteiger partial charge in [-0.05, 0) is 23.6 Å². The predicted octanol–water partition coefficient (Wildman–Crippen LogP) is 1.70. The summed E-state index contributed by atoms with van der Waals surface area (Å²) in [5.41, 5.74) is 0.942. The van der Waals surface area contributed by atoms with Crippen LogP contribution in [0.4, 0.5) is 0 Å². The van der Waals surface area contributed by atoms with E-state index in [-0.39, 0.29) is 4.90 Å². The van der Waals surface area contributed by atoms with Crippen molar-refractivity contribution in [2.45, 2.75) is 11.4 Å². The molecule has 136 valence electrons. The standard InChI is InChI=1S/C16H17N5O3S2/c22-26(23,14-2-1-4-17-10-14)21-7-5-20(6-8-21)11-15-18-16(19-24-15)13-3-9-25-12-13/h1-4,9-10,12H,5-8,11H2. The van der Waals surface area contributed by atoms with Gasteiger partial charge in [-0.15, -0.1) is 0 Å². The highest BCUT2D eigenvalue weighted by molar-refractivity contribution is 7.89. The first-order chi connectivity index (χ1) is 12.6. The molecular formula is C16H17N5O3S2. The third kappa shape index (κ3) is 3.54. The van der Waals surface area contributed by atoms with Crippen LogP contribution in [0.1, 0.15) is 5.89 Å². The van der Waals surface area contributed by atoms with Crippen molar-refractivity contribution in [3.8, 4) is 11.4 Å². The highest BCUT2D eigenvalue weighted by Gasteiger charge is 2.29. The molecule has 0 N–H and O–H groups in total. The Bertz CT molecular complexity index is 949. The van der Waals surface area contributed by atoms with Gasteiger partial charge in [-0.3, -0.25) is 9.88 Å². The van der Waals surface area contributed by atoms with Crippen LogP contribution in [0, 0.1) is 0 Å². The minimum Gasteiger partial charge on any atom is -0.338 e. The van der Waals surface area contributed by atoms with Crippen molar-refractivity contribution in [3.63, 3.8) is 0 Å². The number of hydrogen-bond acceptors (Lipinski definition) is 8. The summed E-state index contributed by atoms with van der Waals surface area (Å²) in [7, 11) is -3.49. The number of rotatable bonds is 5. The van der Waals surface area contributed by atoms with Crippen molar-refractivity contribution in [1.29, 1.82) is 0 Å². The molecule has 26 heavy (non-hydrogen) atoms. The summed E-state index contributed by atoms with van der Waals surface area (Å²) in [5.74, 6) is 1.12. The Hall–Kier alpha value is -2.14. The first-order valence-corrected chi connectivity index (χ1v) is 10.5. The number of hydrogen-bond donors (Lipinski definition) is 0. The fourth-order valence-corrected chi connectivity index (χ4v) is 4.82. The van der Waals surface area contributed by atoms with Crippen LogP contribution >= 0.6 is 11.3 Å². The third-order valence-corrected chi connectivity index (χ3v) is 6.78. The molecule has 1 aliphatic heterocycles. The SMILES string of the molecule is O=S(=O)(c1cccnc1)N1CCN(Cc2nc(-c3ccsc3)no2)CC1. The molecular weight excluding hydrogens is 374 g/mol. The Morgan fingerprint density at radius 2 is 2.04 bits per heavy atom. The fraction of sp³-hybridized carbons (Fsp3) is 0.312. The van der Waals surface area contributed by atoms with Gasteiger partial charge in [0.1, 0.15) is 4.90 Å². The first kappa shape index (κ1) is 17.3. The Morgan fingerprint density at radius 3 is 2.73 bits per heavy atom. The largest absolute Gasteiger partial charge is 0.338 e. The third-order valence-electron chi connectivity index (χ3n) is 4.21. The van der Waals surface area contributed by atoms with Gasteiger partial charge in [0.2, 0.25) is 21.7 Å². The van der Waals surface area contributed by atoms with Gasteiger partial charge in [-0.2, -0.15) is 20.6 Å². The van der Waals surface area contributed by atoms with E-state index in [1.807, 2.05) is 16.8 Å². The minimum atomic E-state index is -3.49. The van der Waals surface area contributed by atoms with E-state index in [1.165, 1.54) is 10.5 Å². The summed E-state index contributed by atoms with van der Waals surface area (Å²) in [5, 5.41) is 7.93. The summed E-state index contributed by atoms with van der Waals surface area (Å²) < 4.78 is 32.0. The van der Waals surface area contributed by atoms with Gasteiger partial charge in [0.15, 0.2) is 0 Å². The Labute approximate surface area is 155 Å². The lowest BCUT2D eigenvalue weighted by Gasteiger charge is -2.33. The summed E-state index contributed by atoms with van der Waals surface area (Å²) in [6.07, 6.45) is 2.94. The topological polar surface area (TPSA) is 92.4 Å². The lowest BCUT2D eigenvalue weighted by molar-refractivity contribution is 0.163. The van der Waals surface area contributed by atoms with E-state index in [0.717, 1.165) is 5.56 Å². The number of aromatic nitrogens is 3. The van der Waals surface area contributed by atoms with Crippen LogP contribution < -0.4 is 0 Å². The van der Waals surface area contributed by atoms with E-state index in [1.54, 1.807) is 29.7 Å². The lowest BCUT2D eigenvalue weighted by atomic mass is 10.3. The summed E-state index contributed by atoms with van der Waals surface area (Å²) in [6, 6.07) is 5.14. The Kier molecular flexibility index (Phi) is 4.81. The average Bonchev–Trinajstić information content (AvgIpc) is 3.34. The first-order valence-electron chi connectivity index (χ1n) is 8.10. The number of nitrogens with zero attached hydrogens (tertiary/aromatic N) is 5. The molecule has 0 spiro atoms. The fourth-order valence-electron chi connectivity index (χ4n) is 2.80. The maximum Gasteiger partial charge on any atom is 0.244 e. The predicted molar refractivity (Wildman–Crippen MR) is 95.9 cm³/mol. The number of sulfonamides is 1. The molecule has 0 aromatic carbocycles. The second-order valence-corrected chi connectivity index (χ2v) is 8.61. The van der Waals surface area contributed by atoms with Crippen molar-refractivity contribution >= 4 is 21.4 Å². The van der Waals surface area contributed by atoms with E-state index in [9.17, 15) is 8.42 Å². The second-order valence-electron chi connectivity index (χ2n) is 5.89. The molecule has 3 aromatic heterocycles. The molecule has 0 aliphatic carbocycles. The molecule has 0 unspecified atom stereocenters. The van der Waals surface area contributed by atoms with Gasteiger partial charge >= 0.3 is 0 Å². The van der Waals surface area contributed by atoms with Crippen LogP contribution in [0.5, 0.6) is 0 Å². The van der Waals surface area contributed by atoms with Crippen molar-refractivity contribution < 1.29 is 12.9 Å². The van der Waals surface area contributed by atoms with Gasteiger partial charge in [0, 0.05) is 49.5 Å². The summed E-state index contributed by atoms with van der Waals surface area (Å²) in [6.45, 7) is 2.56. The zero-order valence-corrected chi connectivity index (χ0v) is 15.5. The normalized spacial score (nSPS) is 16.8. The molecule has 1 aliphatic rings. The van der Waals surface area contributed by atoms with Gasteiger partial charge < -0.3 is 4.52 Å². The van der Waals surface area contributed by atoms with Crippen molar-refractivity contribution in [3.05, 3.63) is 47.2 Å². The Morgan fingerprint density at radius 1 is 1.19 bits per heavy atom. The average molecular weight is 391 g/mol. The maximum absolute atomic E-state index is 12.6. The molecule has 0 atom stereocenters. The van der Waals surface area contributed by atoms with E-state index in [4.69, 9.17) is 4.52 Å². The summed E-state index contributed by atoms with van der Waals surface area (Å²) in [4.78, 5) is 10.6. The minimum absolute atomic E-state index is 0.228. The van der Waals surface area contributed by atoms with E-state index in [2.05, 4.69) is 20.0 Å². The smallest absolute Gasteiger partial charge is 0.244 e. The molecule has 8 nitrogen and oxygen atoms in total. The van der Waals surface area contributed by atoms with Crippen molar-refractivity contribution in [1.82, 2.24) is 24.3 Å². The highest BCUT2D eigenvalue weighted by Crippen LogP contribution is 2.20. The number of thiophene rings is 1. The maximum atomic E-state index is 12.6. The number of pyridine rings is 1. The van der Waals surface area contributed by atoms with Gasteiger partial charge in [-0.25, -0.2) is 8.42 Å². The van der Waals surface area contributed by atoms with Crippen LogP contribution in [0.3, 0.4) is 0 Å². The molecule has 1 saturated heterocycles.